The van der Waals surface area contributed by atoms with Gasteiger partial charge in [-0.25, -0.2) is 0 Å². The van der Waals surface area contributed by atoms with Crippen molar-refractivity contribution in [2.75, 3.05) is 19.0 Å². The molecule has 0 aliphatic rings. The van der Waals surface area contributed by atoms with E-state index in [0.29, 0.717) is 18.8 Å². The summed E-state index contributed by atoms with van der Waals surface area (Å²) >= 11 is 0. The number of ether oxygens (including phenoxy) is 3. The molecule has 0 saturated carbocycles. The molecule has 2 aromatic carbocycles. The van der Waals surface area contributed by atoms with Gasteiger partial charge in [-0.3, -0.25) is 4.79 Å². The van der Waals surface area contributed by atoms with Crippen LogP contribution in [-0.4, -0.2) is 26.2 Å². The number of anilines is 1. The maximum absolute atomic E-state index is 12.3. The van der Waals surface area contributed by atoms with E-state index < -0.39 is 6.61 Å². The van der Waals surface area contributed by atoms with Crippen LogP contribution in [-0.2, 0) is 4.79 Å². The van der Waals surface area contributed by atoms with Crippen LogP contribution in [0.2, 0.25) is 0 Å². The molecule has 2 aromatic rings. The zero-order chi connectivity index (χ0) is 18.1. The van der Waals surface area contributed by atoms with Crippen molar-refractivity contribution in [3.63, 3.8) is 0 Å². The first-order valence-corrected chi connectivity index (χ1v) is 7.69. The lowest BCUT2D eigenvalue weighted by Crippen LogP contribution is -2.14. The van der Waals surface area contributed by atoms with Gasteiger partial charge in [-0.1, -0.05) is 12.1 Å². The number of rotatable bonds is 9. The molecule has 0 saturated heterocycles. The van der Waals surface area contributed by atoms with Crippen molar-refractivity contribution in [2.24, 2.45) is 0 Å². The maximum atomic E-state index is 12.3. The third kappa shape index (κ3) is 6.29. The summed E-state index contributed by atoms with van der Waals surface area (Å²) in [7, 11) is 1.58. The lowest BCUT2D eigenvalue weighted by Gasteiger charge is -2.11. The lowest BCUT2D eigenvalue weighted by atomic mass is 10.2. The molecule has 0 unspecified atom stereocenters. The Labute approximate surface area is 144 Å². The highest BCUT2D eigenvalue weighted by Gasteiger charge is 2.11. The van der Waals surface area contributed by atoms with Crippen LogP contribution in [0.25, 0.3) is 0 Å². The summed E-state index contributed by atoms with van der Waals surface area (Å²) in [6.45, 7) is -2.59. The van der Waals surface area contributed by atoms with Gasteiger partial charge >= 0.3 is 6.61 Å². The molecule has 0 atom stereocenters. The van der Waals surface area contributed by atoms with E-state index >= 15 is 0 Å². The summed E-state index contributed by atoms with van der Waals surface area (Å²) in [6.07, 6.45) is 0.675. The molecule has 7 heteroatoms. The van der Waals surface area contributed by atoms with Crippen molar-refractivity contribution in [1.82, 2.24) is 0 Å². The molecule has 0 aromatic heterocycles. The molecule has 0 aliphatic heterocycles. The topological polar surface area (TPSA) is 56.8 Å². The lowest BCUT2D eigenvalue weighted by molar-refractivity contribution is -0.116. The van der Waals surface area contributed by atoms with Crippen LogP contribution in [0.4, 0.5) is 14.5 Å². The van der Waals surface area contributed by atoms with Crippen molar-refractivity contribution < 1.29 is 27.8 Å². The highest BCUT2D eigenvalue weighted by molar-refractivity contribution is 5.92. The number of carbonyl (C=O) groups is 1. The number of alkyl halides is 2. The molecule has 0 aliphatic carbocycles. The highest BCUT2D eigenvalue weighted by Crippen LogP contribution is 2.25. The number of amides is 1. The third-order valence-electron chi connectivity index (χ3n) is 3.25. The monoisotopic (exact) mass is 351 g/mol. The molecule has 0 radical (unpaired) electrons. The van der Waals surface area contributed by atoms with E-state index in [2.05, 4.69) is 10.1 Å². The fraction of sp³-hybridized carbons (Fsp3) is 0.278. The Kier molecular flexibility index (Phi) is 7.00. The quantitative estimate of drug-likeness (QED) is 0.691. The van der Waals surface area contributed by atoms with E-state index in [9.17, 15) is 13.6 Å². The standard InChI is InChI=1S/C18H19F2NO4/c1-23-13-8-10-14(11-9-13)24-12-4-7-17(22)21-15-5-2-3-6-16(15)25-18(19)20/h2-3,5-6,8-11,18H,4,7,12H2,1H3,(H,21,22). The van der Waals surface area contributed by atoms with Gasteiger partial charge < -0.3 is 19.5 Å². The van der Waals surface area contributed by atoms with Crippen LogP contribution in [0.15, 0.2) is 48.5 Å². The fourth-order valence-corrected chi connectivity index (χ4v) is 2.08. The number of hydrogen-bond donors (Lipinski definition) is 1. The molecular formula is C18H19F2NO4. The largest absolute Gasteiger partial charge is 0.497 e. The molecule has 2 rings (SSSR count). The Balaban J connectivity index is 1.75. The number of benzene rings is 2. The second-order valence-corrected chi connectivity index (χ2v) is 5.05. The molecule has 0 fully saturated rings. The van der Waals surface area contributed by atoms with E-state index in [-0.39, 0.29) is 23.8 Å². The molecule has 0 bridgehead atoms. The third-order valence-corrected chi connectivity index (χ3v) is 3.25. The molecule has 0 heterocycles. The van der Waals surface area contributed by atoms with Gasteiger partial charge in [0.15, 0.2) is 0 Å². The first-order chi connectivity index (χ1) is 12.1. The van der Waals surface area contributed by atoms with Crippen LogP contribution in [0.1, 0.15) is 12.8 Å². The SMILES string of the molecule is COc1ccc(OCCCC(=O)Nc2ccccc2OC(F)F)cc1. The van der Waals surface area contributed by atoms with E-state index in [1.807, 2.05) is 0 Å². The first-order valence-electron chi connectivity index (χ1n) is 7.69. The van der Waals surface area contributed by atoms with Gasteiger partial charge in [-0.15, -0.1) is 0 Å². The Morgan fingerprint density at radius 1 is 1.08 bits per heavy atom. The van der Waals surface area contributed by atoms with Crippen molar-refractivity contribution in [1.29, 1.82) is 0 Å². The predicted molar refractivity (Wildman–Crippen MR) is 89.4 cm³/mol. The van der Waals surface area contributed by atoms with Crippen LogP contribution < -0.4 is 19.5 Å². The normalized spacial score (nSPS) is 10.4. The Morgan fingerprint density at radius 3 is 2.44 bits per heavy atom. The van der Waals surface area contributed by atoms with E-state index in [0.717, 1.165) is 5.75 Å². The number of para-hydroxylation sites is 2. The zero-order valence-corrected chi connectivity index (χ0v) is 13.7. The number of nitrogens with one attached hydrogen (secondary N) is 1. The molecular weight excluding hydrogens is 332 g/mol. The van der Waals surface area contributed by atoms with Crippen molar-refractivity contribution in [2.45, 2.75) is 19.5 Å². The minimum Gasteiger partial charge on any atom is -0.497 e. The average molecular weight is 351 g/mol. The molecule has 0 spiro atoms. The van der Waals surface area contributed by atoms with Crippen LogP contribution in [0.3, 0.4) is 0 Å². The summed E-state index contributed by atoms with van der Waals surface area (Å²) in [5.74, 6) is 1.04. The number of halogens is 2. The van der Waals surface area contributed by atoms with E-state index in [1.54, 1.807) is 43.5 Å². The molecule has 1 N–H and O–H groups in total. The number of hydrogen-bond acceptors (Lipinski definition) is 4. The van der Waals surface area contributed by atoms with Gasteiger partial charge in [-0.2, -0.15) is 8.78 Å². The minimum absolute atomic E-state index is 0.0691. The Morgan fingerprint density at radius 2 is 1.76 bits per heavy atom. The van der Waals surface area contributed by atoms with Crippen molar-refractivity contribution in [3.8, 4) is 17.2 Å². The molecule has 25 heavy (non-hydrogen) atoms. The zero-order valence-electron chi connectivity index (χ0n) is 13.7. The highest BCUT2D eigenvalue weighted by atomic mass is 19.3. The second-order valence-electron chi connectivity index (χ2n) is 5.05. The van der Waals surface area contributed by atoms with Gasteiger partial charge in [0.05, 0.1) is 19.4 Å². The fourth-order valence-electron chi connectivity index (χ4n) is 2.08. The van der Waals surface area contributed by atoms with Gasteiger partial charge in [0.2, 0.25) is 5.91 Å². The molecule has 5 nitrogen and oxygen atoms in total. The van der Waals surface area contributed by atoms with Crippen molar-refractivity contribution in [3.05, 3.63) is 48.5 Å². The minimum atomic E-state index is -2.95. The van der Waals surface area contributed by atoms with Crippen LogP contribution >= 0.6 is 0 Å². The summed E-state index contributed by atoms with van der Waals surface area (Å²) in [6, 6.07) is 13.2. The number of carbonyl (C=O) groups excluding carboxylic acids is 1. The summed E-state index contributed by atoms with van der Waals surface area (Å²) in [4.78, 5) is 11.9. The van der Waals surface area contributed by atoms with Crippen molar-refractivity contribution >= 4 is 11.6 Å². The smallest absolute Gasteiger partial charge is 0.387 e. The summed E-state index contributed by atoms with van der Waals surface area (Å²) in [5.41, 5.74) is 0.212. The van der Waals surface area contributed by atoms with Crippen LogP contribution in [0.5, 0.6) is 17.2 Å². The van der Waals surface area contributed by atoms with Gasteiger partial charge in [0, 0.05) is 6.42 Å². The van der Waals surface area contributed by atoms with Gasteiger partial charge in [0.25, 0.3) is 0 Å². The van der Waals surface area contributed by atoms with E-state index in [4.69, 9.17) is 9.47 Å². The van der Waals surface area contributed by atoms with Gasteiger partial charge in [0.1, 0.15) is 17.2 Å². The maximum Gasteiger partial charge on any atom is 0.387 e. The van der Waals surface area contributed by atoms with Crippen LogP contribution in [0, 0.1) is 0 Å². The first kappa shape index (κ1) is 18.5. The number of methoxy groups -OCH3 is 1. The predicted octanol–water partition coefficient (Wildman–Crippen LogP) is 4.09. The Bertz CT molecular complexity index is 677. The second kappa shape index (κ2) is 9.46. The van der Waals surface area contributed by atoms with E-state index in [1.165, 1.54) is 12.1 Å². The van der Waals surface area contributed by atoms with Gasteiger partial charge in [-0.05, 0) is 42.8 Å². The average Bonchev–Trinajstić information content (AvgIpc) is 2.60. The molecule has 1 amide bonds. The summed E-state index contributed by atoms with van der Waals surface area (Å²) in [5, 5.41) is 2.56. The Hall–Kier alpha value is -2.83. The summed E-state index contributed by atoms with van der Waals surface area (Å²) < 4.78 is 39.6. The molecule has 134 valence electrons.